The second-order valence-corrected chi connectivity index (χ2v) is 6.48. The Morgan fingerprint density at radius 1 is 1.30 bits per heavy atom. The topological polar surface area (TPSA) is 29.5 Å². The molecule has 1 saturated heterocycles. The number of hydrogen-bond acceptors (Lipinski definition) is 4. The molecule has 0 spiro atoms. The van der Waals surface area contributed by atoms with Gasteiger partial charge in [-0.3, -0.25) is 9.69 Å². The summed E-state index contributed by atoms with van der Waals surface area (Å²) in [7, 11) is 1.58. The molecule has 1 heterocycles. The van der Waals surface area contributed by atoms with E-state index in [9.17, 15) is 18.0 Å². The molecule has 0 bridgehead atoms. The summed E-state index contributed by atoms with van der Waals surface area (Å²) in [5.74, 6) is -0.226. The predicted molar refractivity (Wildman–Crippen MR) is 87.8 cm³/mol. The first-order valence-corrected chi connectivity index (χ1v) is 7.97. The van der Waals surface area contributed by atoms with E-state index >= 15 is 0 Å². The molecule has 3 nitrogen and oxygen atoms in total. The van der Waals surface area contributed by atoms with Crippen molar-refractivity contribution in [1.29, 1.82) is 0 Å². The van der Waals surface area contributed by atoms with Crippen LogP contribution in [0.5, 0.6) is 0 Å². The van der Waals surface area contributed by atoms with Crippen LogP contribution in [0.3, 0.4) is 0 Å². The van der Waals surface area contributed by atoms with Crippen molar-refractivity contribution in [2.24, 2.45) is 0 Å². The first-order valence-electron chi connectivity index (χ1n) is 6.74. The standard InChI is InChI=1S/C15H14F3NO2S2/c1-21-8-2-7-19-13(20)12(23-14(19)22)9-10-3-5-11(6-4-10)15(16,17)18/h3-6,9H,2,7-8H2,1H3. The summed E-state index contributed by atoms with van der Waals surface area (Å²) in [5.41, 5.74) is -0.197. The van der Waals surface area contributed by atoms with E-state index in [1.54, 1.807) is 13.2 Å². The number of benzene rings is 1. The van der Waals surface area contributed by atoms with Crippen molar-refractivity contribution in [3.63, 3.8) is 0 Å². The lowest BCUT2D eigenvalue weighted by Crippen LogP contribution is -2.29. The molecule has 0 saturated carbocycles. The number of thiocarbonyl (C=S) groups is 1. The zero-order chi connectivity index (χ0) is 17.0. The highest BCUT2D eigenvalue weighted by atomic mass is 32.2. The van der Waals surface area contributed by atoms with Crippen LogP contribution in [0, 0.1) is 0 Å². The molecule has 0 radical (unpaired) electrons. The summed E-state index contributed by atoms with van der Waals surface area (Å²) < 4.78 is 43.0. The third kappa shape index (κ3) is 4.55. The fraction of sp³-hybridized carbons (Fsp3) is 0.333. The molecule has 124 valence electrons. The number of thioether (sulfide) groups is 1. The molecule has 0 atom stereocenters. The Balaban J connectivity index is 2.11. The lowest BCUT2D eigenvalue weighted by atomic mass is 10.1. The highest BCUT2D eigenvalue weighted by Gasteiger charge is 2.32. The largest absolute Gasteiger partial charge is 0.416 e. The summed E-state index contributed by atoms with van der Waals surface area (Å²) in [5, 5.41) is 0. The van der Waals surface area contributed by atoms with Crippen LogP contribution < -0.4 is 0 Å². The zero-order valence-corrected chi connectivity index (χ0v) is 13.9. The van der Waals surface area contributed by atoms with Crippen LogP contribution in [-0.2, 0) is 15.7 Å². The van der Waals surface area contributed by atoms with Gasteiger partial charge in [-0.2, -0.15) is 13.2 Å². The Labute approximate surface area is 141 Å². The molecule has 1 amide bonds. The molecule has 1 aliphatic rings. The van der Waals surface area contributed by atoms with Gasteiger partial charge in [-0.1, -0.05) is 36.1 Å². The minimum Gasteiger partial charge on any atom is -0.385 e. The van der Waals surface area contributed by atoms with Crippen molar-refractivity contribution in [3.05, 3.63) is 40.3 Å². The third-order valence-electron chi connectivity index (χ3n) is 3.14. The van der Waals surface area contributed by atoms with Gasteiger partial charge in [0.15, 0.2) is 0 Å². The monoisotopic (exact) mass is 361 g/mol. The fourth-order valence-electron chi connectivity index (χ4n) is 1.98. The molecule has 23 heavy (non-hydrogen) atoms. The van der Waals surface area contributed by atoms with Crippen molar-refractivity contribution in [2.75, 3.05) is 20.3 Å². The van der Waals surface area contributed by atoms with Gasteiger partial charge in [-0.05, 0) is 30.2 Å². The third-order valence-corrected chi connectivity index (χ3v) is 4.52. The smallest absolute Gasteiger partial charge is 0.385 e. The maximum Gasteiger partial charge on any atom is 0.416 e. The first kappa shape index (κ1) is 18.0. The molecule has 0 N–H and O–H groups in total. The summed E-state index contributed by atoms with van der Waals surface area (Å²) in [6, 6.07) is 4.65. The molecule has 1 aromatic rings. The van der Waals surface area contributed by atoms with E-state index in [-0.39, 0.29) is 5.91 Å². The van der Waals surface area contributed by atoms with Crippen LogP contribution in [0.2, 0.25) is 0 Å². The van der Waals surface area contributed by atoms with Crippen LogP contribution in [0.15, 0.2) is 29.2 Å². The average Bonchev–Trinajstić information content (AvgIpc) is 2.74. The Kier molecular flexibility index (Phi) is 5.83. The number of alkyl halides is 3. The Morgan fingerprint density at radius 2 is 1.96 bits per heavy atom. The van der Waals surface area contributed by atoms with Gasteiger partial charge in [-0.25, -0.2) is 0 Å². The fourth-order valence-corrected chi connectivity index (χ4v) is 3.29. The number of nitrogens with zero attached hydrogens (tertiary/aromatic N) is 1. The minimum atomic E-state index is -4.37. The van der Waals surface area contributed by atoms with Crippen LogP contribution in [0.25, 0.3) is 6.08 Å². The van der Waals surface area contributed by atoms with Gasteiger partial charge in [0.1, 0.15) is 4.32 Å². The van der Waals surface area contributed by atoms with Crippen molar-refractivity contribution in [3.8, 4) is 0 Å². The van der Waals surface area contributed by atoms with Gasteiger partial charge in [0.2, 0.25) is 0 Å². The number of carbonyl (C=O) groups is 1. The normalized spacial score (nSPS) is 17.4. The lowest BCUT2D eigenvalue weighted by Gasteiger charge is -2.13. The summed E-state index contributed by atoms with van der Waals surface area (Å²) in [6.45, 7) is 0.984. The van der Waals surface area contributed by atoms with E-state index < -0.39 is 11.7 Å². The molecule has 8 heteroatoms. The molecule has 0 aliphatic carbocycles. The summed E-state index contributed by atoms with van der Waals surface area (Å²) in [6.07, 6.45) is -2.16. The van der Waals surface area contributed by atoms with E-state index in [1.165, 1.54) is 17.0 Å². The number of ether oxygens (including phenoxy) is 1. The molecular formula is C15H14F3NO2S2. The maximum atomic E-state index is 12.5. The maximum absolute atomic E-state index is 12.5. The summed E-state index contributed by atoms with van der Waals surface area (Å²) >= 11 is 6.32. The van der Waals surface area contributed by atoms with Gasteiger partial charge in [-0.15, -0.1) is 0 Å². The number of carbonyl (C=O) groups excluding carboxylic acids is 1. The number of rotatable bonds is 5. The van der Waals surface area contributed by atoms with Crippen molar-refractivity contribution >= 4 is 40.3 Å². The SMILES string of the molecule is COCCCN1C(=O)C(=Cc2ccc(C(F)(F)F)cc2)SC1=S. The number of methoxy groups -OCH3 is 1. The van der Waals surface area contributed by atoms with Gasteiger partial charge in [0, 0.05) is 20.3 Å². The number of halogens is 3. The first-order chi connectivity index (χ1) is 10.8. The Hall–Kier alpha value is -1.38. The van der Waals surface area contributed by atoms with Crippen LogP contribution in [-0.4, -0.2) is 35.4 Å². The van der Waals surface area contributed by atoms with Crippen LogP contribution >= 0.6 is 24.0 Å². The van der Waals surface area contributed by atoms with Crippen LogP contribution in [0.4, 0.5) is 13.2 Å². The average molecular weight is 361 g/mol. The second kappa shape index (κ2) is 7.46. The molecule has 0 aromatic heterocycles. The van der Waals surface area contributed by atoms with E-state index in [0.29, 0.717) is 34.4 Å². The molecule has 1 aliphatic heterocycles. The van der Waals surface area contributed by atoms with Gasteiger partial charge >= 0.3 is 6.18 Å². The molecular weight excluding hydrogens is 347 g/mol. The van der Waals surface area contributed by atoms with E-state index in [4.69, 9.17) is 17.0 Å². The number of amides is 1. The number of hydrogen-bond donors (Lipinski definition) is 0. The molecule has 2 rings (SSSR count). The quantitative estimate of drug-likeness (QED) is 0.451. The van der Waals surface area contributed by atoms with E-state index in [0.717, 1.165) is 23.9 Å². The highest BCUT2D eigenvalue weighted by Crippen LogP contribution is 2.33. The Bertz CT molecular complexity index is 627. The van der Waals surface area contributed by atoms with Gasteiger partial charge < -0.3 is 4.74 Å². The Morgan fingerprint density at radius 3 is 2.52 bits per heavy atom. The second-order valence-electron chi connectivity index (χ2n) is 4.80. The minimum absolute atomic E-state index is 0.226. The van der Waals surface area contributed by atoms with Crippen molar-refractivity contribution < 1.29 is 22.7 Å². The predicted octanol–water partition coefficient (Wildman–Crippen LogP) is 3.94. The zero-order valence-electron chi connectivity index (χ0n) is 12.2. The van der Waals surface area contributed by atoms with Gasteiger partial charge in [0.05, 0.1) is 10.5 Å². The molecule has 0 unspecified atom stereocenters. The van der Waals surface area contributed by atoms with Gasteiger partial charge in [0.25, 0.3) is 5.91 Å². The van der Waals surface area contributed by atoms with Crippen LogP contribution in [0.1, 0.15) is 17.5 Å². The molecule has 1 aromatic carbocycles. The van der Waals surface area contributed by atoms with Crippen molar-refractivity contribution in [1.82, 2.24) is 4.90 Å². The van der Waals surface area contributed by atoms with E-state index in [1.807, 2.05) is 0 Å². The molecule has 1 fully saturated rings. The summed E-state index contributed by atoms with van der Waals surface area (Å²) in [4.78, 5) is 14.2. The van der Waals surface area contributed by atoms with E-state index in [2.05, 4.69) is 0 Å². The lowest BCUT2D eigenvalue weighted by molar-refractivity contribution is -0.137. The van der Waals surface area contributed by atoms with Crippen molar-refractivity contribution in [2.45, 2.75) is 12.6 Å². The highest BCUT2D eigenvalue weighted by molar-refractivity contribution is 8.26.